The summed E-state index contributed by atoms with van der Waals surface area (Å²) in [5, 5.41) is 11.1. The maximum absolute atomic E-state index is 12.3. The molecule has 0 atom stereocenters. The molecule has 1 saturated heterocycles. The van der Waals surface area contributed by atoms with Crippen LogP contribution < -0.4 is 5.32 Å². The second kappa shape index (κ2) is 8.52. The SMILES string of the molecule is CC1CCN(Cc2ccc(CNC(=O)Cn3nnc4ccccc43)cc2)CC1. The molecule has 6 heteroatoms. The summed E-state index contributed by atoms with van der Waals surface area (Å²) in [6.07, 6.45) is 2.59. The number of piperidine rings is 1. The standard InChI is InChI=1S/C22H27N5O/c1-17-10-12-26(13-11-17)15-19-8-6-18(7-9-19)14-23-22(28)16-27-21-5-3-2-4-20(21)24-25-27/h2-9,17H,10-16H2,1H3,(H,23,28). The Balaban J connectivity index is 1.27. The van der Waals surface area contributed by atoms with Gasteiger partial charge in [0.05, 0.1) is 5.52 Å². The number of para-hydroxylation sites is 1. The summed E-state index contributed by atoms with van der Waals surface area (Å²) in [6, 6.07) is 16.2. The summed E-state index contributed by atoms with van der Waals surface area (Å²) in [6.45, 7) is 6.43. The van der Waals surface area contributed by atoms with Crippen molar-refractivity contribution in [3.05, 3.63) is 59.7 Å². The van der Waals surface area contributed by atoms with Gasteiger partial charge in [0.15, 0.2) is 0 Å². The number of amides is 1. The predicted octanol–water partition coefficient (Wildman–Crippen LogP) is 2.98. The van der Waals surface area contributed by atoms with Gasteiger partial charge in [0.1, 0.15) is 12.1 Å². The number of aromatic nitrogens is 3. The third-order valence-electron chi connectivity index (χ3n) is 5.51. The van der Waals surface area contributed by atoms with E-state index < -0.39 is 0 Å². The summed E-state index contributed by atoms with van der Waals surface area (Å²) in [5.74, 6) is 0.792. The van der Waals surface area contributed by atoms with Crippen molar-refractivity contribution in [3.63, 3.8) is 0 Å². The van der Waals surface area contributed by atoms with Gasteiger partial charge in [0, 0.05) is 13.1 Å². The van der Waals surface area contributed by atoms with E-state index in [1.54, 1.807) is 4.68 Å². The van der Waals surface area contributed by atoms with Gasteiger partial charge in [-0.2, -0.15) is 0 Å². The van der Waals surface area contributed by atoms with Gasteiger partial charge in [-0.3, -0.25) is 9.69 Å². The van der Waals surface area contributed by atoms with Gasteiger partial charge in [-0.15, -0.1) is 5.10 Å². The van der Waals surface area contributed by atoms with Crippen LogP contribution in [0.5, 0.6) is 0 Å². The first-order valence-electron chi connectivity index (χ1n) is 10.0. The lowest BCUT2D eigenvalue weighted by Crippen LogP contribution is -2.32. The molecule has 2 aromatic carbocycles. The molecule has 2 heterocycles. The molecule has 28 heavy (non-hydrogen) atoms. The van der Waals surface area contributed by atoms with Crippen molar-refractivity contribution in [1.29, 1.82) is 0 Å². The summed E-state index contributed by atoms with van der Waals surface area (Å²) in [5.41, 5.74) is 4.11. The molecule has 0 spiro atoms. The average molecular weight is 377 g/mol. The Morgan fingerprint density at radius 1 is 1.07 bits per heavy atom. The summed E-state index contributed by atoms with van der Waals surface area (Å²) in [4.78, 5) is 14.8. The molecular formula is C22H27N5O. The van der Waals surface area contributed by atoms with Crippen molar-refractivity contribution in [2.24, 2.45) is 5.92 Å². The fourth-order valence-corrected chi connectivity index (χ4v) is 3.67. The minimum absolute atomic E-state index is 0.0674. The van der Waals surface area contributed by atoms with Gasteiger partial charge in [0.2, 0.25) is 5.91 Å². The Bertz CT molecular complexity index is 926. The number of hydrogen-bond acceptors (Lipinski definition) is 4. The second-order valence-corrected chi connectivity index (χ2v) is 7.79. The lowest BCUT2D eigenvalue weighted by atomic mass is 9.99. The molecule has 0 aliphatic carbocycles. The summed E-state index contributed by atoms with van der Waals surface area (Å²) >= 11 is 0. The molecule has 146 valence electrons. The molecule has 1 fully saturated rings. The molecular weight excluding hydrogens is 350 g/mol. The smallest absolute Gasteiger partial charge is 0.242 e. The van der Waals surface area contributed by atoms with Crippen molar-refractivity contribution in [1.82, 2.24) is 25.2 Å². The van der Waals surface area contributed by atoms with Crippen LogP contribution in [0.3, 0.4) is 0 Å². The number of rotatable bonds is 6. The van der Waals surface area contributed by atoms with E-state index in [-0.39, 0.29) is 12.5 Å². The molecule has 3 aromatic rings. The summed E-state index contributed by atoms with van der Waals surface area (Å²) < 4.78 is 1.63. The first-order chi connectivity index (χ1) is 13.7. The largest absolute Gasteiger partial charge is 0.350 e. The Morgan fingerprint density at radius 3 is 2.57 bits per heavy atom. The second-order valence-electron chi connectivity index (χ2n) is 7.79. The van der Waals surface area contributed by atoms with Crippen LogP contribution in [0.1, 0.15) is 30.9 Å². The number of carbonyl (C=O) groups excluding carboxylic acids is 1. The Hall–Kier alpha value is -2.73. The van der Waals surface area contributed by atoms with Crippen molar-refractivity contribution >= 4 is 16.9 Å². The molecule has 4 rings (SSSR count). The van der Waals surface area contributed by atoms with Gasteiger partial charge in [-0.25, -0.2) is 4.68 Å². The van der Waals surface area contributed by atoms with Crippen LogP contribution in [0.2, 0.25) is 0 Å². The van der Waals surface area contributed by atoms with Crippen LogP contribution in [-0.4, -0.2) is 38.9 Å². The molecule has 6 nitrogen and oxygen atoms in total. The number of nitrogens with one attached hydrogen (secondary N) is 1. The predicted molar refractivity (Wildman–Crippen MR) is 109 cm³/mol. The minimum Gasteiger partial charge on any atom is -0.350 e. The van der Waals surface area contributed by atoms with Crippen LogP contribution in [0.25, 0.3) is 11.0 Å². The van der Waals surface area contributed by atoms with Crippen LogP contribution in [0, 0.1) is 5.92 Å². The van der Waals surface area contributed by atoms with Crippen molar-refractivity contribution in [3.8, 4) is 0 Å². The van der Waals surface area contributed by atoms with E-state index in [1.165, 1.54) is 31.5 Å². The van der Waals surface area contributed by atoms with Crippen molar-refractivity contribution in [2.75, 3.05) is 13.1 Å². The lowest BCUT2D eigenvalue weighted by molar-refractivity contribution is -0.121. The highest BCUT2D eigenvalue weighted by Crippen LogP contribution is 2.18. The maximum atomic E-state index is 12.3. The van der Waals surface area contributed by atoms with E-state index in [9.17, 15) is 4.79 Å². The molecule has 0 unspecified atom stereocenters. The molecule has 1 N–H and O–H groups in total. The number of nitrogens with zero attached hydrogens (tertiary/aromatic N) is 4. The Kier molecular flexibility index (Phi) is 5.67. The third kappa shape index (κ3) is 4.57. The quantitative estimate of drug-likeness (QED) is 0.717. The highest BCUT2D eigenvalue weighted by Gasteiger charge is 2.15. The third-order valence-corrected chi connectivity index (χ3v) is 5.51. The number of likely N-dealkylation sites (tertiary alicyclic amines) is 1. The Morgan fingerprint density at radius 2 is 1.79 bits per heavy atom. The van der Waals surface area contributed by atoms with E-state index in [0.717, 1.165) is 29.1 Å². The number of fused-ring (bicyclic) bond motifs is 1. The van der Waals surface area contributed by atoms with Crippen LogP contribution >= 0.6 is 0 Å². The monoisotopic (exact) mass is 377 g/mol. The average Bonchev–Trinajstić information content (AvgIpc) is 3.12. The molecule has 1 aliphatic heterocycles. The number of hydrogen-bond donors (Lipinski definition) is 1. The van der Waals surface area contributed by atoms with Crippen LogP contribution in [0.4, 0.5) is 0 Å². The first kappa shape index (κ1) is 18.6. The van der Waals surface area contributed by atoms with Gasteiger partial charge in [-0.1, -0.05) is 48.5 Å². The van der Waals surface area contributed by atoms with E-state index >= 15 is 0 Å². The number of benzene rings is 2. The highest BCUT2D eigenvalue weighted by atomic mass is 16.2. The van der Waals surface area contributed by atoms with Gasteiger partial charge in [0.25, 0.3) is 0 Å². The fraction of sp³-hybridized carbons (Fsp3) is 0.409. The van der Waals surface area contributed by atoms with Crippen LogP contribution in [-0.2, 0) is 24.4 Å². The minimum atomic E-state index is -0.0674. The molecule has 1 aromatic heterocycles. The Labute approximate surface area is 165 Å². The van der Waals surface area contributed by atoms with E-state index in [2.05, 4.69) is 51.7 Å². The topological polar surface area (TPSA) is 63.1 Å². The molecule has 0 radical (unpaired) electrons. The lowest BCUT2D eigenvalue weighted by Gasteiger charge is -2.30. The van der Waals surface area contributed by atoms with Gasteiger partial charge < -0.3 is 5.32 Å². The zero-order chi connectivity index (χ0) is 19.3. The summed E-state index contributed by atoms with van der Waals surface area (Å²) in [7, 11) is 0. The van der Waals surface area contributed by atoms with Gasteiger partial charge >= 0.3 is 0 Å². The zero-order valence-corrected chi connectivity index (χ0v) is 16.3. The van der Waals surface area contributed by atoms with Crippen molar-refractivity contribution in [2.45, 2.75) is 39.4 Å². The van der Waals surface area contributed by atoms with Crippen LogP contribution in [0.15, 0.2) is 48.5 Å². The molecule has 1 amide bonds. The van der Waals surface area contributed by atoms with E-state index in [0.29, 0.717) is 6.54 Å². The fourth-order valence-electron chi connectivity index (χ4n) is 3.67. The molecule has 0 bridgehead atoms. The molecule has 1 aliphatic rings. The normalized spacial score (nSPS) is 15.8. The highest BCUT2D eigenvalue weighted by molar-refractivity contribution is 5.79. The van der Waals surface area contributed by atoms with Gasteiger partial charge in [-0.05, 0) is 55.1 Å². The first-order valence-corrected chi connectivity index (χ1v) is 10.0. The zero-order valence-electron chi connectivity index (χ0n) is 16.3. The number of carbonyl (C=O) groups is 1. The van der Waals surface area contributed by atoms with Crippen molar-refractivity contribution < 1.29 is 4.79 Å². The maximum Gasteiger partial charge on any atom is 0.242 e. The van der Waals surface area contributed by atoms with E-state index in [1.807, 2.05) is 24.3 Å². The van der Waals surface area contributed by atoms with E-state index in [4.69, 9.17) is 0 Å². The molecule has 0 saturated carbocycles.